The lowest BCUT2D eigenvalue weighted by molar-refractivity contribution is -0.0329. The second-order valence-corrected chi connectivity index (χ2v) is 5.84. The lowest BCUT2D eigenvalue weighted by Gasteiger charge is -2.29. The molecule has 17 heavy (non-hydrogen) atoms. The molecule has 1 heterocycles. The average Bonchev–Trinajstić information content (AvgIpc) is 2.66. The normalized spacial score (nSPS) is 21.7. The maximum atomic E-state index is 12.0. The maximum Gasteiger partial charge on any atom is 0.441 e. The standard InChI is InChI=1S/C11H21F3N2S/c1-9(2)16(6-7-17-11(12,13)14)8-10-4-3-5-15-10/h9-10,15H,3-8H2,1-2H3. The summed E-state index contributed by atoms with van der Waals surface area (Å²) in [6.45, 7) is 6.46. The van der Waals surface area contributed by atoms with Crippen LogP contribution in [-0.2, 0) is 0 Å². The molecule has 1 rings (SSSR count). The molecule has 1 atom stereocenters. The largest absolute Gasteiger partial charge is 0.441 e. The van der Waals surface area contributed by atoms with Gasteiger partial charge in [0, 0.05) is 30.9 Å². The van der Waals surface area contributed by atoms with Crippen LogP contribution in [0.15, 0.2) is 0 Å². The van der Waals surface area contributed by atoms with Crippen LogP contribution in [0.3, 0.4) is 0 Å². The van der Waals surface area contributed by atoms with E-state index in [4.69, 9.17) is 0 Å². The summed E-state index contributed by atoms with van der Waals surface area (Å²) in [6.07, 6.45) is 2.31. The van der Waals surface area contributed by atoms with E-state index < -0.39 is 5.51 Å². The monoisotopic (exact) mass is 270 g/mol. The SMILES string of the molecule is CC(C)N(CCSC(F)(F)F)CC1CCCN1. The summed E-state index contributed by atoms with van der Waals surface area (Å²) in [5.41, 5.74) is -4.10. The van der Waals surface area contributed by atoms with E-state index in [1.807, 2.05) is 13.8 Å². The Hall–Kier alpha value is 0.0600. The summed E-state index contributed by atoms with van der Waals surface area (Å²) >= 11 is 0.0751. The fourth-order valence-corrected chi connectivity index (χ4v) is 2.59. The molecule has 1 N–H and O–H groups in total. The molecule has 1 unspecified atom stereocenters. The van der Waals surface area contributed by atoms with Crippen LogP contribution >= 0.6 is 11.8 Å². The van der Waals surface area contributed by atoms with Gasteiger partial charge in [-0.3, -0.25) is 4.90 Å². The van der Waals surface area contributed by atoms with Crippen molar-refractivity contribution in [1.82, 2.24) is 10.2 Å². The van der Waals surface area contributed by atoms with Gasteiger partial charge in [-0.2, -0.15) is 13.2 Å². The van der Waals surface area contributed by atoms with Crippen LogP contribution in [0.1, 0.15) is 26.7 Å². The molecule has 0 radical (unpaired) electrons. The fraction of sp³-hybridized carbons (Fsp3) is 1.00. The molecule has 1 saturated heterocycles. The van der Waals surface area contributed by atoms with E-state index in [1.165, 1.54) is 6.42 Å². The first kappa shape index (κ1) is 15.1. The minimum absolute atomic E-state index is 0.0751. The number of alkyl halides is 3. The minimum Gasteiger partial charge on any atom is -0.313 e. The fourth-order valence-electron chi connectivity index (χ4n) is 2.03. The molecule has 1 fully saturated rings. The zero-order valence-electron chi connectivity index (χ0n) is 10.4. The molecule has 0 bridgehead atoms. The van der Waals surface area contributed by atoms with Gasteiger partial charge >= 0.3 is 5.51 Å². The summed E-state index contributed by atoms with van der Waals surface area (Å²) in [7, 11) is 0. The van der Waals surface area contributed by atoms with Gasteiger partial charge in [-0.05, 0) is 45.0 Å². The van der Waals surface area contributed by atoms with Gasteiger partial charge in [0.2, 0.25) is 0 Å². The third kappa shape index (κ3) is 6.52. The van der Waals surface area contributed by atoms with Crippen molar-refractivity contribution in [2.75, 3.05) is 25.4 Å². The summed E-state index contributed by atoms with van der Waals surface area (Å²) < 4.78 is 36.1. The first-order valence-electron chi connectivity index (χ1n) is 6.06. The molecule has 1 aliphatic rings. The Labute approximate surface area is 105 Å². The van der Waals surface area contributed by atoms with Gasteiger partial charge < -0.3 is 5.32 Å². The van der Waals surface area contributed by atoms with Crippen LogP contribution in [0.25, 0.3) is 0 Å². The molecular weight excluding hydrogens is 249 g/mol. The minimum atomic E-state index is -4.10. The van der Waals surface area contributed by atoms with Crippen molar-refractivity contribution in [2.24, 2.45) is 0 Å². The number of nitrogens with zero attached hydrogens (tertiary/aromatic N) is 1. The number of rotatable bonds is 6. The van der Waals surface area contributed by atoms with E-state index >= 15 is 0 Å². The summed E-state index contributed by atoms with van der Waals surface area (Å²) in [5, 5.41) is 3.38. The number of hydrogen-bond acceptors (Lipinski definition) is 3. The molecule has 6 heteroatoms. The number of hydrogen-bond donors (Lipinski definition) is 1. The molecular formula is C11H21F3N2S. The van der Waals surface area contributed by atoms with Crippen molar-refractivity contribution < 1.29 is 13.2 Å². The number of halogens is 3. The molecule has 0 spiro atoms. The van der Waals surface area contributed by atoms with E-state index in [-0.39, 0.29) is 17.5 Å². The summed E-state index contributed by atoms with van der Waals surface area (Å²) in [4.78, 5) is 2.13. The van der Waals surface area contributed by atoms with E-state index in [9.17, 15) is 13.2 Å². The Bertz CT molecular complexity index is 215. The Morgan fingerprint density at radius 2 is 2.12 bits per heavy atom. The third-order valence-corrected chi connectivity index (χ3v) is 3.71. The molecule has 0 saturated carbocycles. The topological polar surface area (TPSA) is 15.3 Å². The zero-order chi connectivity index (χ0) is 12.9. The number of thioether (sulfide) groups is 1. The van der Waals surface area contributed by atoms with Gasteiger partial charge in [-0.15, -0.1) is 0 Å². The molecule has 1 aliphatic heterocycles. The Kier molecular flexibility index (Phi) is 6.09. The first-order chi connectivity index (χ1) is 7.88. The molecule has 0 aromatic rings. The van der Waals surface area contributed by atoms with Crippen molar-refractivity contribution in [1.29, 1.82) is 0 Å². The van der Waals surface area contributed by atoms with Gasteiger partial charge in [-0.25, -0.2) is 0 Å². The molecule has 0 aliphatic carbocycles. The summed E-state index contributed by atoms with van der Waals surface area (Å²) in [6, 6.07) is 0.750. The van der Waals surface area contributed by atoms with Crippen molar-refractivity contribution in [3.63, 3.8) is 0 Å². The molecule has 102 valence electrons. The molecule has 0 aromatic carbocycles. The predicted octanol–water partition coefficient (Wildman–Crippen LogP) is 2.70. The van der Waals surface area contributed by atoms with E-state index in [2.05, 4.69) is 10.2 Å². The van der Waals surface area contributed by atoms with E-state index in [1.54, 1.807) is 0 Å². The second kappa shape index (κ2) is 6.85. The van der Waals surface area contributed by atoms with E-state index in [0.717, 1.165) is 19.5 Å². The highest BCUT2D eigenvalue weighted by molar-refractivity contribution is 8.00. The first-order valence-corrected chi connectivity index (χ1v) is 7.05. The lowest BCUT2D eigenvalue weighted by Crippen LogP contribution is -2.42. The van der Waals surface area contributed by atoms with Gasteiger partial charge in [-0.1, -0.05) is 0 Å². The van der Waals surface area contributed by atoms with Gasteiger partial charge in [0.05, 0.1) is 0 Å². The molecule has 0 aromatic heterocycles. The molecule has 2 nitrogen and oxygen atoms in total. The highest BCUT2D eigenvalue weighted by atomic mass is 32.2. The van der Waals surface area contributed by atoms with Crippen LogP contribution in [0.5, 0.6) is 0 Å². The zero-order valence-corrected chi connectivity index (χ0v) is 11.2. The van der Waals surface area contributed by atoms with Crippen LogP contribution in [-0.4, -0.2) is 47.9 Å². The Balaban J connectivity index is 2.27. The smallest absolute Gasteiger partial charge is 0.313 e. The highest BCUT2D eigenvalue weighted by Crippen LogP contribution is 2.30. The van der Waals surface area contributed by atoms with Crippen molar-refractivity contribution in [2.45, 2.75) is 44.3 Å². The predicted molar refractivity (Wildman–Crippen MR) is 66.2 cm³/mol. The van der Waals surface area contributed by atoms with Gasteiger partial charge in [0.25, 0.3) is 0 Å². The van der Waals surface area contributed by atoms with Crippen LogP contribution in [0.4, 0.5) is 13.2 Å². The van der Waals surface area contributed by atoms with Gasteiger partial charge in [0.1, 0.15) is 0 Å². The summed E-state index contributed by atoms with van der Waals surface area (Å²) in [5.74, 6) is 0.119. The Morgan fingerprint density at radius 1 is 1.41 bits per heavy atom. The van der Waals surface area contributed by atoms with Gasteiger partial charge in [0.15, 0.2) is 0 Å². The van der Waals surface area contributed by atoms with Crippen molar-refractivity contribution in [3.8, 4) is 0 Å². The third-order valence-electron chi connectivity index (χ3n) is 2.99. The van der Waals surface area contributed by atoms with Crippen LogP contribution in [0.2, 0.25) is 0 Å². The maximum absolute atomic E-state index is 12.0. The van der Waals surface area contributed by atoms with Crippen LogP contribution < -0.4 is 5.32 Å². The van der Waals surface area contributed by atoms with Crippen LogP contribution in [0, 0.1) is 0 Å². The van der Waals surface area contributed by atoms with Crippen molar-refractivity contribution in [3.05, 3.63) is 0 Å². The Morgan fingerprint density at radius 3 is 2.59 bits per heavy atom. The number of nitrogens with one attached hydrogen (secondary N) is 1. The average molecular weight is 270 g/mol. The lowest BCUT2D eigenvalue weighted by atomic mass is 10.2. The second-order valence-electron chi connectivity index (χ2n) is 4.68. The van der Waals surface area contributed by atoms with Crippen molar-refractivity contribution >= 4 is 11.8 Å². The quantitative estimate of drug-likeness (QED) is 0.799. The van der Waals surface area contributed by atoms with E-state index in [0.29, 0.717) is 18.6 Å². The molecule has 0 amide bonds. The highest BCUT2D eigenvalue weighted by Gasteiger charge is 2.28.